The van der Waals surface area contributed by atoms with E-state index in [1.165, 1.54) is 4.68 Å². The molecule has 0 bridgehead atoms. The zero-order valence-electron chi connectivity index (χ0n) is 8.83. The number of imidazole rings is 1. The fourth-order valence-electron chi connectivity index (χ4n) is 1.64. The number of benzene rings is 1. The highest BCUT2D eigenvalue weighted by Crippen LogP contribution is 2.09. The summed E-state index contributed by atoms with van der Waals surface area (Å²) in [5, 5.41) is 6.17. The van der Waals surface area contributed by atoms with Crippen LogP contribution in [0.3, 0.4) is 0 Å². The van der Waals surface area contributed by atoms with E-state index in [0.717, 1.165) is 15.9 Å². The Hall–Kier alpha value is -2.14. The molecule has 0 saturated heterocycles. The van der Waals surface area contributed by atoms with E-state index in [1.807, 2.05) is 41.8 Å². The van der Waals surface area contributed by atoms with Gasteiger partial charge in [-0.2, -0.15) is 9.78 Å². The molecule has 1 aromatic carbocycles. The van der Waals surface area contributed by atoms with Gasteiger partial charge in [-0.1, -0.05) is 18.2 Å². The van der Waals surface area contributed by atoms with Crippen LogP contribution < -0.4 is 5.69 Å². The molecule has 0 saturated carbocycles. The second-order valence-electron chi connectivity index (χ2n) is 3.52. The molecule has 0 aliphatic heterocycles. The van der Waals surface area contributed by atoms with Crippen LogP contribution in [0.4, 0.5) is 0 Å². The first-order valence-corrected chi connectivity index (χ1v) is 6.00. The first-order chi connectivity index (χ1) is 8.34. The predicted molar refractivity (Wildman–Crippen MR) is 69.9 cm³/mol. The van der Waals surface area contributed by atoms with Crippen LogP contribution in [-0.2, 0) is 0 Å². The predicted octanol–water partition coefficient (Wildman–Crippen LogP) is 2.27. The van der Waals surface area contributed by atoms with Gasteiger partial charge in [-0.3, -0.25) is 0 Å². The van der Waals surface area contributed by atoms with E-state index < -0.39 is 0 Å². The molecule has 0 spiro atoms. The molecular formula is C12H9N3OS. The summed E-state index contributed by atoms with van der Waals surface area (Å²) in [4.78, 5) is 15.5. The number of para-hydroxylation sites is 2. The molecule has 2 aromatic heterocycles. The van der Waals surface area contributed by atoms with Gasteiger partial charge in [0.25, 0.3) is 0 Å². The third kappa shape index (κ3) is 1.81. The lowest BCUT2D eigenvalue weighted by Gasteiger charge is -1.92. The molecule has 3 aromatic rings. The molecule has 5 heteroatoms. The largest absolute Gasteiger partial charge is 0.347 e. The summed E-state index contributed by atoms with van der Waals surface area (Å²) in [6.45, 7) is 0. The molecule has 0 unspecified atom stereocenters. The SMILES string of the molecule is O=c1[nH]c2ccccc2n1N=Cc1cccs1. The number of thiophene rings is 1. The number of hydrogen-bond donors (Lipinski definition) is 1. The Balaban J connectivity index is 2.11. The summed E-state index contributed by atoms with van der Waals surface area (Å²) in [5.41, 5.74) is 1.35. The molecule has 0 aliphatic carbocycles. The summed E-state index contributed by atoms with van der Waals surface area (Å²) in [6.07, 6.45) is 1.69. The van der Waals surface area contributed by atoms with Crippen molar-refractivity contribution in [2.75, 3.05) is 0 Å². The molecule has 4 nitrogen and oxygen atoms in total. The first kappa shape index (κ1) is 10.0. The number of fused-ring (bicyclic) bond motifs is 1. The average Bonchev–Trinajstić information content (AvgIpc) is 2.93. The number of nitrogens with zero attached hydrogens (tertiary/aromatic N) is 2. The molecule has 0 radical (unpaired) electrons. The topological polar surface area (TPSA) is 50.1 Å². The maximum atomic E-state index is 11.7. The van der Waals surface area contributed by atoms with E-state index in [2.05, 4.69) is 10.1 Å². The second-order valence-corrected chi connectivity index (χ2v) is 4.50. The standard InChI is InChI=1S/C12H9N3OS/c16-12-14-10-5-1-2-6-11(10)15(12)13-8-9-4-3-7-17-9/h1-8H,(H,14,16). The van der Waals surface area contributed by atoms with Gasteiger partial charge < -0.3 is 4.98 Å². The van der Waals surface area contributed by atoms with Crippen molar-refractivity contribution in [2.24, 2.45) is 5.10 Å². The van der Waals surface area contributed by atoms with Crippen LogP contribution in [0, 0.1) is 0 Å². The quantitative estimate of drug-likeness (QED) is 0.690. The van der Waals surface area contributed by atoms with Crippen LogP contribution in [-0.4, -0.2) is 15.9 Å². The van der Waals surface area contributed by atoms with E-state index >= 15 is 0 Å². The number of nitrogens with one attached hydrogen (secondary N) is 1. The first-order valence-electron chi connectivity index (χ1n) is 5.12. The Bertz CT molecular complexity index is 722. The van der Waals surface area contributed by atoms with E-state index in [9.17, 15) is 4.79 Å². The minimum atomic E-state index is -0.223. The Morgan fingerprint density at radius 2 is 2.12 bits per heavy atom. The van der Waals surface area contributed by atoms with E-state index in [0.29, 0.717) is 0 Å². The number of aromatic amines is 1. The number of rotatable bonds is 2. The minimum absolute atomic E-state index is 0.223. The Labute approximate surface area is 101 Å². The summed E-state index contributed by atoms with van der Waals surface area (Å²) in [7, 11) is 0. The number of aromatic nitrogens is 2. The molecular weight excluding hydrogens is 234 g/mol. The van der Waals surface area contributed by atoms with Gasteiger partial charge >= 0.3 is 5.69 Å². The Morgan fingerprint density at radius 3 is 2.94 bits per heavy atom. The van der Waals surface area contributed by atoms with Crippen molar-refractivity contribution in [3.63, 3.8) is 0 Å². The van der Waals surface area contributed by atoms with Gasteiger partial charge in [0, 0.05) is 4.88 Å². The van der Waals surface area contributed by atoms with Crippen molar-refractivity contribution in [1.82, 2.24) is 9.66 Å². The van der Waals surface area contributed by atoms with Crippen LogP contribution in [0.2, 0.25) is 0 Å². The lowest BCUT2D eigenvalue weighted by Crippen LogP contribution is -2.12. The molecule has 2 heterocycles. The normalized spacial score (nSPS) is 11.5. The van der Waals surface area contributed by atoms with E-state index in [-0.39, 0.29) is 5.69 Å². The maximum Gasteiger partial charge on any atom is 0.347 e. The van der Waals surface area contributed by atoms with Crippen molar-refractivity contribution in [2.45, 2.75) is 0 Å². The molecule has 84 valence electrons. The van der Waals surface area contributed by atoms with Crippen molar-refractivity contribution in [1.29, 1.82) is 0 Å². The molecule has 3 rings (SSSR count). The van der Waals surface area contributed by atoms with E-state index in [1.54, 1.807) is 17.6 Å². The smallest absolute Gasteiger partial charge is 0.304 e. The third-order valence-corrected chi connectivity index (χ3v) is 3.22. The highest BCUT2D eigenvalue weighted by atomic mass is 32.1. The average molecular weight is 243 g/mol. The van der Waals surface area contributed by atoms with Crippen LogP contribution in [0.25, 0.3) is 11.0 Å². The highest BCUT2D eigenvalue weighted by molar-refractivity contribution is 7.11. The van der Waals surface area contributed by atoms with Gasteiger partial charge in [-0.15, -0.1) is 11.3 Å². The molecule has 0 fully saturated rings. The summed E-state index contributed by atoms with van der Waals surface area (Å²) >= 11 is 1.58. The zero-order chi connectivity index (χ0) is 11.7. The van der Waals surface area contributed by atoms with Crippen LogP contribution in [0.5, 0.6) is 0 Å². The maximum absolute atomic E-state index is 11.7. The molecule has 0 amide bonds. The van der Waals surface area contributed by atoms with Crippen molar-refractivity contribution in [3.8, 4) is 0 Å². The van der Waals surface area contributed by atoms with Crippen LogP contribution in [0.15, 0.2) is 51.7 Å². The highest BCUT2D eigenvalue weighted by Gasteiger charge is 2.03. The monoisotopic (exact) mass is 243 g/mol. The molecule has 17 heavy (non-hydrogen) atoms. The second kappa shape index (κ2) is 4.03. The number of H-pyrrole nitrogens is 1. The zero-order valence-corrected chi connectivity index (χ0v) is 9.65. The van der Waals surface area contributed by atoms with Crippen molar-refractivity contribution >= 4 is 28.6 Å². The lowest BCUT2D eigenvalue weighted by molar-refractivity contribution is 0.864. The van der Waals surface area contributed by atoms with Crippen LogP contribution >= 0.6 is 11.3 Å². The van der Waals surface area contributed by atoms with Gasteiger partial charge in [0.1, 0.15) is 0 Å². The summed E-state index contributed by atoms with van der Waals surface area (Å²) < 4.78 is 1.37. The molecule has 0 aliphatic rings. The Kier molecular flexibility index (Phi) is 2.38. The minimum Gasteiger partial charge on any atom is -0.304 e. The molecule has 0 atom stereocenters. The van der Waals surface area contributed by atoms with Gasteiger partial charge in [-0.05, 0) is 23.6 Å². The molecule has 1 N–H and O–H groups in total. The van der Waals surface area contributed by atoms with Gasteiger partial charge in [0.15, 0.2) is 0 Å². The van der Waals surface area contributed by atoms with E-state index in [4.69, 9.17) is 0 Å². The fraction of sp³-hybridized carbons (Fsp3) is 0. The third-order valence-electron chi connectivity index (χ3n) is 2.41. The van der Waals surface area contributed by atoms with Gasteiger partial charge in [0.2, 0.25) is 0 Å². The summed E-state index contributed by atoms with van der Waals surface area (Å²) in [6, 6.07) is 11.4. The Morgan fingerprint density at radius 1 is 1.24 bits per heavy atom. The fourth-order valence-corrected chi connectivity index (χ4v) is 2.21. The van der Waals surface area contributed by atoms with Gasteiger partial charge in [0.05, 0.1) is 17.2 Å². The number of hydrogen-bond acceptors (Lipinski definition) is 3. The van der Waals surface area contributed by atoms with Crippen LogP contribution in [0.1, 0.15) is 4.88 Å². The van der Waals surface area contributed by atoms with Crippen molar-refractivity contribution < 1.29 is 0 Å². The lowest BCUT2D eigenvalue weighted by atomic mass is 10.3. The van der Waals surface area contributed by atoms with Crippen molar-refractivity contribution in [3.05, 3.63) is 57.1 Å². The van der Waals surface area contributed by atoms with Gasteiger partial charge in [-0.25, -0.2) is 4.79 Å². The summed E-state index contributed by atoms with van der Waals surface area (Å²) in [5.74, 6) is 0.